The molecule has 4 bridgehead atoms. The summed E-state index contributed by atoms with van der Waals surface area (Å²) in [5.41, 5.74) is -1.08. The molecule has 0 N–H and O–H groups in total. The van der Waals surface area contributed by atoms with Gasteiger partial charge in [0.2, 0.25) is 0 Å². The predicted molar refractivity (Wildman–Crippen MR) is 62.1 cm³/mol. The second-order valence-corrected chi connectivity index (χ2v) is 6.42. The maximum Gasteiger partial charge on any atom is 0.322 e. The normalized spacial score (nSPS) is 58.0. The minimum absolute atomic E-state index is 0.210. The summed E-state index contributed by atoms with van der Waals surface area (Å²) in [6, 6.07) is 0. The van der Waals surface area contributed by atoms with Gasteiger partial charge in [-0.15, -0.1) is 0 Å². The first-order valence-corrected chi connectivity index (χ1v) is 6.85. The number of fused-ring (bicyclic) bond motifs is 3. The summed E-state index contributed by atoms with van der Waals surface area (Å²) in [6.07, 6.45) is 11.7. The van der Waals surface area contributed by atoms with Gasteiger partial charge in [0.1, 0.15) is 0 Å². The molecule has 1 aliphatic heterocycles. The fraction of sp³-hybridized carbons (Fsp3) is 0.600. The van der Waals surface area contributed by atoms with Crippen LogP contribution in [0.15, 0.2) is 24.3 Å². The molecule has 0 spiro atoms. The van der Waals surface area contributed by atoms with Crippen molar-refractivity contribution in [1.82, 2.24) is 0 Å². The SMILES string of the molecule is O=C1OC(=O)[C@@]23[C@@H]4C=C[C@@H](CC4)[C@@]12[C@@H]1C=C[C@H]3C1. The third kappa shape index (κ3) is 0.611. The van der Waals surface area contributed by atoms with Crippen molar-refractivity contribution in [1.29, 1.82) is 0 Å². The Morgan fingerprint density at radius 3 is 1.72 bits per heavy atom. The van der Waals surface area contributed by atoms with Crippen LogP contribution in [0.4, 0.5) is 0 Å². The van der Waals surface area contributed by atoms with Gasteiger partial charge in [0, 0.05) is 0 Å². The van der Waals surface area contributed by atoms with Crippen molar-refractivity contribution in [2.45, 2.75) is 19.3 Å². The fourth-order valence-corrected chi connectivity index (χ4v) is 5.93. The van der Waals surface area contributed by atoms with E-state index in [1.807, 2.05) is 0 Å². The Morgan fingerprint density at radius 1 is 0.833 bits per heavy atom. The van der Waals surface area contributed by atoms with Crippen LogP contribution in [0.25, 0.3) is 0 Å². The largest absolute Gasteiger partial charge is 0.392 e. The molecule has 6 aliphatic rings. The lowest BCUT2D eigenvalue weighted by Gasteiger charge is -2.55. The monoisotopic (exact) mass is 242 g/mol. The van der Waals surface area contributed by atoms with Gasteiger partial charge in [-0.05, 0) is 42.9 Å². The number of carbonyl (C=O) groups is 2. The van der Waals surface area contributed by atoms with Crippen LogP contribution in [0.1, 0.15) is 19.3 Å². The third-order valence-electron chi connectivity index (χ3n) is 6.33. The van der Waals surface area contributed by atoms with Gasteiger partial charge in [-0.2, -0.15) is 0 Å². The molecular formula is C15H14O3. The van der Waals surface area contributed by atoms with Gasteiger partial charge in [0.25, 0.3) is 0 Å². The van der Waals surface area contributed by atoms with E-state index in [1.54, 1.807) is 0 Å². The Bertz CT molecular complexity index is 514. The van der Waals surface area contributed by atoms with E-state index in [4.69, 9.17) is 4.74 Å². The minimum atomic E-state index is -0.541. The smallest absolute Gasteiger partial charge is 0.322 e. The van der Waals surface area contributed by atoms with Crippen LogP contribution in [0.2, 0.25) is 0 Å². The van der Waals surface area contributed by atoms with Crippen molar-refractivity contribution in [2.24, 2.45) is 34.5 Å². The highest BCUT2D eigenvalue weighted by molar-refractivity contribution is 6.05. The molecule has 6 rings (SSSR count). The molecule has 0 unspecified atom stereocenters. The van der Waals surface area contributed by atoms with Gasteiger partial charge in [-0.3, -0.25) is 9.59 Å². The van der Waals surface area contributed by atoms with E-state index in [-0.39, 0.29) is 35.6 Å². The molecule has 1 saturated heterocycles. The molecule has 3 nitrogen and oxygen atoms in total. The summed E-state index contributed by atoms with van der Waals surface area (Å²) in [5.74, 6) is 0.396. The Labute approximate surface area is 105 Å². The highest BCUT2D eigenvalue weighted by Crippen LogP contribution is 2.77. The third-order valence-corrected chi connectivity index (χ3v) is 6.33. The van der Waals surface area contributed by atoms with Gasteiger partial charge in [0.15, 0.2) is 0 Å². The van der Waals surface area contributed by atoms with Crippen LogP contribution >= 0.6 is 0 Å². The number of ether oxygens (including phenoxy) is 1. The lowest BCUT2D eigenvalue weighted by Crippen LogP contribution is -2.60. The highest BCUT2D eigenvalue weighted by atomic mass is 16.6. The summed E-state index contributed by atoms with van der Waals surface area (Å²) in [6.45, 7) is 0. The Morgan fingerprint density at radius 2 is 1.28 bits per heavy atom. The standard InChI is InChI=1S/C15H14O3/c16-12-14-8-1-2-9(4-3-8)15(14,13(17)18-12)11-6-5-10(14)7-11/h1-2,5-6,8-11H,3-4,7H2/t8-,9+,10+,11-,14+,15-. The summed E-state index contributed by atoms with van der Waals surface area (Å²) < 4.78 is 5.16. The number of carbonyl (C=O) groups excluding carboxylic acids is 2. The van der Waals surface area contributed by atoms with Crippen LogP contribution in [0, 0.1) is 34.5 Å². The maximum atomic E-state index is 12.5. The zero-order valence-corrected chi connectivity index (χ0v) is 9.96. The lowest BCUT2D eigenvalue weighted by molar-refractivity contribution is -0.157. The first-order chi connectivity index (χ1) is 8.72. The number of cyclic esters (lactones) is 2. The molecule has 0 aromatic rings. The van der Waals surface area contributed by atoms with Gasteiger partial charge < -0.3 is 4.74 Å². The topological polar surface area (TPSA) is 43.4 Å². The molecule has 0 amide bonds. The Balaban J connectivity index is 1.91. The van der Waals surface area contributed by atoms with E-state index in [0.29, 0.717) is 0 Å². The lowest BCUT2D eigenvalue weighted by atomic mass is 9.43. The van der Waals surface area contributed by atoms with Crippen LogP contribution in [-0.4, -0.2) is 11.9 Å². The first kappa shape index (κ1) is 9.54. The van der Waals surface area contributed by atoms with Crippen LogP contribution in [-0.2, 0) is 14.3 Å². The van der Waals surface area contributed by atoms with E-state index in [0.717, 1.165) is 19.3 Å². The summed E-state index contributed by atoms with van der Waals surface area (Å²) in [4.78, 5) is 25.0. The van der Waals surface area contributed by atoms with Crippen LogP contribution in [0.5, 0.6) is 0 Å². The number of allylic oxidation sites excluding steroid dienone is 4. The van der Waals surface area contributed by atoms with Crippen LogP contribution in [0.3, 0.4) is 0 Å². The Hall–Kier alpha value is -1.38. The Kier molecular flexibility index (Phi) is 1.32. The quantitative estimate of drug-likeness (QED) is 0.370. The molecule has 6 atom stereocenters. The minimum Gasteiger partial charge on any atom is -0.392 e. The zero-order chi connectivity index (χ0) is 12.1. The second-order valence-electron chi connectivity index (χ2n) is 6.42. The van der Waals surface area contributed by atoms with Crippen molar-refractivity contribution in [3.8, 4) is 0 Å². The molecule has 92 valence electrons. The average Bonchev–Trinajstić information content (AvgIpc) is 3.04. The molecule has 1 heterocycles. The van der Waals surface area contributed by atoms with E-state index in [1.165, 1.54) is 0 Å². The summed E-state index contributed by atoms with van der Waals surface area (Å²) >= 11 is 0. The summed E-state index contributed by atoms with van der Waals surface area (Å²) in [7, 11) is 0. The van der Waals surface area contributed by atoms with E-state index in [2.05, 4.69) is 24.3 Å². The molecule has 0 radical (unpaired) electrons. The van der Waals surface area contributed by atoms with E-state index in [9.17, 15) is 9.59 Å². The summed E-state index contributed by atoms with van der Waals surface area (Å²) in [5, 5.41) is 0. The molecule has 2 saturated carbocycles. The molecule has 3 heteroatoms. The molecular weight excluding hydrogens is 228 g/mol. The van der Waals surface area contributed by atoms with Gasteiger partial charge >= 0.3 is 11.9 Å². The highest BCUT2D eigenvalue weighted by Gasteiger charge is 2.83. The number of rotatable bonds is 0. The average molecular weight is 242 g/mol. The maximum absolute atomic E-state index is 12.5. The molecule has 3 fully saturated rings. The second kappa shape index (κ2) is 2.49. The predicted octanol–water partition coefficient (Wildman–Crippen LogP) is 1.84. The van der Waals surface area contributed by atoms with E-state index < -0.39 is 10.8 Å². The van der Waals surface area contributed by atoms with Crippen molar-refractivity contribution in [3.05, 3.63) is 24.3 Å². The molecule has 5 aliphatic carbocycles. The number of hydrogen-bond acceptors (Lipinski definition) is 3. The fourth-order valence-electron chi connectivity index (χ4n) is 5.93. The molecule has 18 heavy (non-hydrogen) atoms. The van der Waals surface area contributed by atoms with Crippen molar-refractivity contribution in [2.75, 3.05) is 0 Å². The van der Waals surface area contributed by atoms with Gasteiger partial charge in [-0.25, -0.2) is 0 Å². The van der Waals surface area contributed by atoms with E-state index >= 15 is 0 Å². The zero-order valence-electron chi connectivity index (χ0n) is 9.96. The van der Waals surface area contributed by atoms with Gasteiger partial charge in [0.05, 0.1) is 10.8 Å². The first-order valence-electron chi connectivity index (χ1n) is 6.85. The van der Waals surface area contributed by atoms with Gasteiger partial charge in [-0.1, -0.05) is 24.3 Å². The number of hydrogen-bond donors (Lipinski definition) is 0. The van der Waals surface area contributed by atoms with Crippen molar-refractivity contribution in [3.63, 3.8) is 0 Å². The molecule has 0 aromatic heterocycles. The van der Waals surface area contributed by atoms with Crippen LogP contribution < -0.4 is 0 Å². The van der Waals surface area contributed by atoms with Crippen molar-refractivity contribution < 1.29 is 14.3 Å². The molecule has 0 aromatic carbocycles. The van der Waals surface area contributed by atoms with Crippen molar-refractivity contribution >= 4 is 11.9 Å². The number of esters is 2.